The minimum Gasteiger partial charge on any atom is -0.489 e. The number of anilines is 1. The fourth-order valence-electron chi connectivity index (χ4n) is 4.62. The van der Waals surface area contributed by atoms with Crippen LogP contribution in [0, 0.1) is 11.6 Å². The summed E-state index contributed by atoms with van der Waals surface area (Å²) in [5.41, 5.74) is -1.72. The van der Waals surface area contributed by atoms with Crippen molar-refractivity contribution in [3.05, 3.63) is 77.0 Å². The smallest absolute Gasteiger partial charge is 0.424 e. The quantitative estimate of drug-likeness (QED) is 0.243. The molecule has 2 aliphatic rings. The number of nitrogens with one attached hydrogen (secondary N) is 3. The zero-order valence-corrected chi connectivity index (χ0v) is 23.0. The molecule has 0 bridgehead atoms. The average molecular weight is 620 g/mol. The molecule has 3 aromatic rings. The van der Waals surface area contributed by atoms with Crippen molar-refractivity contribution in [1.29, 1.82) is 0 Å². The van der Waals surface area contributed by atoms with Gasteiger partial charge in [-0.2, -0.15) is 13.2 Å². The summed E-state index contributed by atoms with van der Waals surface area (Å²) in [5, 5.41) is 18.0. The van der Waals surface area contributed by atoms with Gasteiger partial charge in [0.1, 0.15) is 35.1 Å². The first-order valence-electron chi connectivity index (χ1n) is 13.3. The first-order chi connectivity index (χ1) is 20.6. The van der Waals surface area contributed by atoms with Crippen molar-refractivity contribution >= 4 is 23.5 Å². The lowest BCUT2D eigenvalue weighted by Crippen LogP contribution is -2.51. The van der Waals surface area contributed by atoms with E-state index in [0.717, 1.165) is 49.2 Å². The van der Waals surface area contributed by atoms with Gasteiger partial charge in [-0.3, -0.25) is 9.59 Å². The van der Waals surface area contributed by atoms with E-state index in [1.54, 1.807) is 0 Å². The summed E-state index contributed by atoms with van der Waals surface area (Å²) in [4.78, 5) is 41.3. The number of nitrogens with two attached hydrogens (primary N) is 1. The van der Waals surface area contributed by atoms with Gasteiger partial charge in [-0.1, -0.05) is 0 Å². The van der Waals surface area contributed by atoms with E-state index in [1.165, 1.54) is 19.1 Å². The van der Waals surface area contributed by atoms with Crippen LogP contribution in [-0.4, -0.2) is 53.3 Å². The molecule has 0 radical (unpaired) electrons. The second-order valence-electron chi connectivity index (χ2n) is 10.9. The predicted octanol–water partition coefficient (Wildman–Crippen LogP) is 3.63. The number of alkyl halides is 3. The molecule has 2 heterocycles. The molecule has 0 saturated heterocycles. The molecule has 232 valence electrons. The Kier molecular flexibility index (Phi) is 7.70. The molecule has 0 unspecified atom stereocenters. The molecular formula is C29H26F5N5O5. The molecular weight excluding hydrogens is 593 g/mol. The van der Waals surface area contributed by atoms with E-state index in [2.05, 4.69) is 15.6 Å². The summed E-state index contributed by atoms with van der Waals surface area (Å²) in [6, 6.07) is 7.37. The third kappa shape index (κ3) is 5.86. The summed E-state index contributed by atoms with van der Waals surface area (Å²) < 4.78 is 77.3. The zero-order valence-electron chi connectivity index (χ0n) is 23.0. The van der Waals surface area contributed by atoms with Crippen molar-refractivity contribution in [2.45, 2.75) is 43.0 Å². The molecule has 1 fully saturated rings. The first-order valence-corrected chi connectivity index (χ1v) is 13.3. The summed E-state index contributed by atoms with van der Waals surface area (Å²) in [6.07, 6.45) is -3.88. The molecule has 10 nitrogen and oxygen atoms in total. The van der Waals surface area contributed by atoms with Gasteiger partial charge in [0.15, 0.2) is 0 Å². The summed E-state index contributed by atoms with van der Waals surface area (Å²) in [6.45, 7) is -0.485. The Bertz CT molecular complexity index is 1650. The monoisotopic (exact) mass is 619 g/mol. The number of primary amides is 1. The molecule has 1 saturated carbocycles. The van der Waals surface area contributed by atoms with Crippen LogP contribution >= 0.6 is 0 Å². The van der Waals surface area contributed by atoms with E-state index in [9.17, 15) is 41.4 Å². The fraction of sp³-hybridized carbons (Fsp3) is 0.310. The van der Waals surface area contributed by atoms with E-state index >= 15 is 0 Å². The Morgan fingerprint density at radius 2 is 1.75 bits per heavy atom. The highest BCUT2D eigenvalue weighted by atomic mass is 19.4. The van der Waals surface area contributed by atoms with Crippen molar-refractivity contribution in [3.63, 3.8) is 0 Å². The molecule has 1 aliphatic heterocycles. The van der Waals surface area contributed by atoms with Gasteiger partial charge in [0, 0.05) is 28.4 Å². The van der Waals surface area contributed by atoms with Crippen LogP contribution in [0.4, 0.5) is 32.4 Å². The van der Waals surface area contributed by atoms with Crippen LogP contribution in [-0.2, 0) is 15.8 Å². The topological polar surface area (TPSA) is 156 Å². The number of nitrogens with zero attached hydrogens (tertiary/aromatic N) is 1. The number of hydrogen-bond acceptors (Lipinski definition) is 6. The molecule has 15 heteroatoms. The fourth-order valence-corrected chi connectivity index (χ4v) is 4.62. The van der Waals surface area contributed by atoms with Gasteiger partial charge < -0.3 is 31.5 Å². The molecule has 0 spiro atoms. The second-order valence-corrected chi connectivity index (χ2v) is 10.9. The predicted molar refractivity (Wildman–Crippen MR) is 146 cm³/mol. The molecule has 6 N–H and O–H groups in total. The number of urea groups is 1. The highest BCUT2D eigenvalue weighted by Crippen LogP contribution is 2.47. The zero-order chi connectivity index (χ0) is 32.0. The first kappa shape index (κ1) is 30.7. The summed E-state index contributed by atoms with van der Waals surface area (Å²) >= 11 is 0. The van der Waals surface area contributed by atoms with Crippen LogP contribution in [0.3, 0.4) is 0 Å². The van der Waals surface area contributed by atoms with Gasteiger partial charge in [-0.25, -0.2) is 18.6 Å². The van der Waals surface area contributed by atoms with Crippen LogP contribution < -0.4 is 26.4 Å². The molecule has 2 aromatic carbocycles. The number of aromatic nitrogens is 1. The Balaban J connectivity index is 1.50. The SMILES string of the molecule is C[C@]1(C(N)=O)COc2c1cc([C@@](O)(CNC(=O)c1cc(F)cc(NC(=O)NC3CC3)c1)C(F)(F)F)nc2-c1ccc(F)cc1. The highest BCUT2D eigenvalue weighted by Gasteiger charge is 2.57. The third-order valence-corrected chi connectivity index (χ3v) is 7.46. The second kappa shape index (κ2) is 11.0. The molecule has 4 amide bonds. The normalized spacial score (nSPS) is 18.9. The lowest BCUT2D eigenvalue weighted by molar-refractivity contribution is -0.265. The van der Waals surface area contributed by atoms with Gasteiger partial charge in [0.25, 0.3) is 5.91 Å². The number of carbonyl (C=O) groups is 3. The number of pyridine rings is 1. The number of halogens is 5. The maximum atomic E-state index is 14.6. The van der Waals surface area contributed by atoms with E-state index in [-0.39, 0.29) is 40.9 Å². The van der Waals surface area contributed by atoms with E-state index < -0.39 is 64.5 Å². The number of amides is 4. The third-order valence-electron chi connectivity index (χ3n) is 7.46. The Morgan fingerprint density at radius 1 is 1.07 bits per heavy atom. The van der Waals surface area contributed by atoms with E-state index in [4.69, 9.17) is 10.5 Å². The molecule has 1 aliphatic carbocycles. The minimum atomic E-state index is -5.44. The number of fused-ring (bicyclic) bond motifs is 1. The summed E-state index contributed by atoms with van der Waals surface area (Å²) in [7, 11) is 0. The standard InChI is InChI=1S/C29H26F5N5O5/c1-27(25(35)41)13-44-23-20(27)11-21(39-22(23)14-2-4-16(30)5-3-14)28(43,29(32,33)34)12-36-24(40)15-8-17(31)10-19(9-15)38-26(42)37-18-6-7-18/h2-5,8-11,18,43H,6-7,12-13H2,1H3,(H2,35,41)(H,36,40)(H2,37,38,42)/t27-,28-/m0/s1. The largest absolute Gasteiger partial charge is 0.489 e. The molecule has 5 rings (SSSR count). The Hall–Kier alpha value is -4.79. The van der Waals surface area contributed by atoms with E-state index in [0.29, 0.717) is 0 Å². The number of aliphatic hydroxyl groups is 1. The molecule has 1 aromatic heterocycles. The Labute approximate surface area is 246 Å². The van der Waals surface area contributed by atoms with E-state index in [1.807, 2.05) is 5.32 Å². The van der Waals surface area contributed by atoms with Crippen LogP contribution in [0.25, 0.3) is 11.3 Å². The van der Waals surface area contributed by atoms with Crippen molar-refractivity contribution < 1.29 is 46.2 Å². The van der Waals surface area contributed by atoms with Crippen molar-refractivity contribution in [2.75, 3.05) is 18.5 Å². The van der Waals surface area contributed by atoms with Gasteiger partial charge in [0.2, 0.25) is 11.5 Å². The number of benzene rings is 2. The number of carbonyl (C=O) groups excluding carboxylic acids is 3. The average Bonchev–Trinajstić information content (AvgIpc) is 3.70. The van der Waals surface area contributed by atoms with Crippen molar-refractivity contribution in [2.24, 2.45) is 5.73 Å². The Morgan fingerprint density at radius 3 is 2.36 bits per heavy atom. The van der Waals surface area contributed by atoms with Crippen molar-refractivity contribution in [1.82, 2.24) is 15.6 Å². The van der Waals surface area contributed by atoms with Gasteiger partial charge in [-0.15, -0.1) is 0 Å². The van der Waals surface area contributed by atoms with Crippen LogP contribution in [0.5, 0.6) is 5.75 Å². The maximum absolute atomic E-state index is 14.6. The number of hydrogen-bond donors (Lipinski definition) is 5. The summed E-state index contributed by atoms with van der Waals surface area (Å²) in [5.74, 6) is -3.81. The lowest BCUT2D eigenvalue weighted by atomic mass is 9.81. The van der Waals surface area contributed by atoms with Gasteiger partial charge in [0.05, 0.1) is 12.2 Å². The lowest BCUT2D eigenvalue weighted by Gasteiger charge is -2.31. The van der Waals surface area contributed by atoms with Gasteiger partial charge in [-0.05, 0) is 68.3 Å². The minimum absolute atomic E-state index is 0.0184. The van der Waals surface area contributed by atoms with Crippen LogP contribution in [0.1, 0.15) is 41.4 Å². The molecule has 44 heavy (non-hydrogen) atoms. The van der Waals surface area contributed by atoms with Crippen LogP contribution in [0.2, 0.25) is 0 Å². The maximum Gasteiger partial charge on any atom is 0.424 e. The van der Waals surface area contributed by atoms with Gasteiger partial charge >= 0.3 is 12.2 Å². The number of rotatable bonds is 8. The highest BCUT2D eigenvalue weighted by molar-refractivity contribution is 5.97. The molecule has 2 atom stereocenters. The number of ether oxygens (including phenoxy) is 1. The van der Waals surface area contributed by atoms with Crippen LogP contribution in [0.15, 0.2) is 48.5 Å². The van der Waals surface area contributed by atoms with Crippen molar-refractivity contribution in [3.8, 4) is 17.0 Å².